The van der Waals surface area contributed by atoms with Gasteiger partial charge < -0.3 is 8.83 Å². The van der Waals surface area contributed by atoms with Gasteiger partial charge in [-0.3, -0.25) is 0 Å². The Morgan fingerprint density at radius 2 is 1.17 bits per heavy atom. The highest BCUT2D eigenvalue weighted by Gasteiger charge is 2.16. The Bertz CT molecular complexity index is 1400. The Kier molecular flexibility index (Phi) is 2.12. The molecule has 0 aliphatic heterocycles. The maximum absolute atomic E-state index is 6.25. The molecule has 0 atom stereocenters. The molecule has 2 heterocycles. The second-order valence-corrected chi connectivity index (χ2v) is 6.18. The lowest BCUT2D eigenvalue weighted by Crippen LogP contribution is -1.76. The molecule has 0 N–H and O–H groups in total. The van der Waals surface area contributed by atoms with Crippen molar-refractivity contribution in [2.75, 3.05) is 0 Å². The number of rotatable bonds is 0. The van der Waals surface area contributed by atoms with Crippen molar-refractivity contribution in [1.82, 2.24) is 0 Å². The van der Waals surface area contributed by atoms with Crippen LogP contribution in [-0.2, 0) is 0 Å². The summed E-state index contributed by atoms with van der Waals surface area (Å²) in [6, 6.07) is 24.8. The van der Waals surface area contributed by atoms with Crippen molar-refractivity contribution in [1.29, 1.82) is 0 Å². The zero-order chi connectivity index (χ0) is 15.7. The first-order valence-corrected chi connectivity index (χ1v) is 8.04. The van der Waals surface area contributed by atoms with E-state index >= 15 is 0 Å². The molecule has 0 saturated heterocycles. The van der Waals surface area contributed by atoms with Gasteiger partial charge in [-0.05, 0) is 29.7 Å². The third-order valence-corrected chi connectivity index (χ3v) is 4.87. The van der Waals surface area contributed by atoms with Gasteiger partial charge in [-0.1, -0.05) is 48.5 Å². The highest BCUT2D eigenvalue weighted by molar-refractivity contribution is 6.27. The van der Waals surface area contributed by atoms with E-state index in [0.717, 1.165) is 49.3 Å². The average Bonchev–Trinajstić information content (AvgIpc) is 3.19. The number of hydrogen-bond donors (Lipinski definition) is 0. The first-order chi connectivity index (χ1) is 11.9. The third-order valence-electron chi connectivity index (χ3n) is 4.87. The van der Waals surface area contributed by atoms with Gasteiger partial charge in [-0.25, -0.2) is 0 Å². The van der Waals surface area contributed by atoms with E-state index in [4.69, 9.17) is 8.83 Å². The Morgan fingerprint density at radius 1 is 0.458 bits per heavy atom. The van der Waals surface area contributed by atoms with Crippen LogP contribution in [0.5, 0.6) is 0 Å². The monoisotopic (exact) mass is 308 g/mol. The molecule has 0 bridgehead atoms. The highest BCUT2D eigenvalue weighted by Crippen LogP contribution is 2.40. The van der Waals surface area contributed by atoms with E-state index in [1.54, 1.807) is 0 Å². The molecule has 0 saturated carbocycles. The van der Waals surface area contributed by atoms with E-state index in [2.05, 4.69) is 42.5 Å². The van der Waals surface area contributed by atoms with Gasteiger partial charge in [0.05, 0.1) is 0 Å². The molecule has 4 aromatic carbocycles. The van der Waals surface area contributed by atoms with Gasteiger partial charge in [0.25, 0.3) is 0 Å². The van der Waals surface area contributed by atoms with E-state index in [1.807, 2.05) is 30.3 Å². The number of benzene rings is 4. The molecule has 0 spiro atoms. The summed E-state index contributed by atoms with van der Waals surface area (Å²) in [4.78, 5) is 0. The van der Waals surface area contributed by atoms with Crippen LogP contribution in [0, 0.1) is 0 Å². The minimum atomic E-state index is 0.900. The lowest BCUT2D eigenvalue weighted by molar-refractivity contribution is 0.668. The molecule has 0 amide bonds. The molecule has 0 aliphatic carbocycles. The Morgan fingerprint density at radius 3 is 2.04 bits per heavy atom. The van der Waals surface area contributed by atoms with Crippen LogP contribution < -0.4 is 0 Å². The van der Waals surface area contributed by atoms with E-state index < -0.39 is 0 Å². The average molecular weight is 308 g/mol. The molecule has 0 aliphatic rings. The number of furan rings is 2. The highest BCUT2D eigenvalue weighted by atomic mass is 16.3. The van der Waals surface area contributed by atoms with Crippen LogP contribution in [0.25, 0.3) is 54.6 Å². The van der Waals surface area contributed by atoms with E-state index in [1.165, 1.54) is 5.39 Å². The molecule has 6 rings (SSSR count). The van der Waals surface area contributed by atoms with Crippen LogP contribution in [0.2, 0.25) is 0 Å². The largest absolute Gasteiger partial charge is 0.456 e. The number of para-hydroxylation sites is 2. The summed E-state index contributed by atoms with van der Waals surface area (Å²) in [5.41, 5.74) is 3.67. The first kappa shape index (κ1) is 12.2. The molecule has 2 aromatic heterocycles. The lowest BCUT2D eigenvalue weighted by atomic mass is 10.0. The fraction of sp³-hybridized carbons (Fsp3) is 0. The standard InChI is InChI=1S/C22H12O2/c1-3-7-17-14(5-1)15-11-9-13-10-12-19-21(20(13)22(15)24-17)16-6-2-4-8-18(16)23-19/h1-12H. The quantitative estimate of drug-likeness (QED) is 0.314. The summed E-state index contributed by atoms with van der Waals surface area (Å²) in [5.74, 6) is 0. The van der Waals surface area contributed by atoms with Crippen LogP contribution >= 0.6 is 0 Å². The normalized spacial score (nSPS) is 12.2. The minimum absolute atomic E-state index is 0.900. The lowest BCUT2D eigenvalue weighted by Gasteiger charge is -2.01. The van der Waals surface area contributed by atoms with Gasteiger partial charge >= 0.3 is 0 Å². The molecule has 0 unspecified atom stereocenters. The Labute approximate surface area is 136 Å². The van der Waals surface area contributed by atoms with Crippen molar-refractivity contribution >= 4 is 54.6 Å². The zero-order valence-corrected chi connectivity index (χ0v) is 12.7. The van der Waals surface area contributed by atoms with Gasteiger partial charge in [-0.2, -0.15) is 0 Å². The molecule has 112 valence electrons. The van der Waals surface area contributed by atoms with Crippen molar-refractivity contribution < 1.29 is 8.83 Å². The van der Waals surface area contributed by atoms with E-state index in [0.29, 0.717) is 0 Å². The van der Waals surface area contributed by atoms with Gasteiger partial charge in [0.2, 0.25) is 0 Å². The Balaban J connectivity index is 1.98. The minimum Gasteiger partial charge on any atom is -0.456 e. The van der Waals surface area contributed by atoms with Crippen molar-refractivity contribution in [2.24, 2.45) is 0 Å². The molecule has 0 radical (unpaired) electrons. The summed E-state index contributed by atoms with van der Waals surface area (Å²) >= 11 is 0. The molecular weight excluding hydrogens is 296 g/mol. The number of hydrogen-bond acceptors (Lipinski definition) is 2. The molecule has 24 heavy (non-hydrogen) atoms. The second-order valence-electron chi connectivity index (χ2n) is 6.18. The van der Waals surface area contributed by atoms with Gasteiger partial charge in [0.1, 0.15) is 22.3 Å². The van der Waals surface area contributed by atoms with E-state index in [9.17, 15) is 0 Å². The summed E-state index contributed by atoms with van der Waals surface area (Å²) < 4.78 is 12.3. The Hall–Kier alpha value is -3.26. The third kappa shape index (κ3) is 1.41. The molecule has 6 aromatic rings. The van der Waals surface area contributed by atoms with Crippen LogP contribution in [-0.4, -0.2) is 0 Å². The summed E-state index contributed by atoms with van der Waals surface area (Å²) in [7, 11) is 0. The van der Waals surface area contributed by atoms with Crippen molar-refractivity contribution in [2.45, 2.75) is 0 Å². The van der Waals surface area contributed by atoms with Crippen LogP contribution in [0.1, 0.15) is 0 Å². The predicted molar refractivity (Wildman–Crippen MR) is 98.5 cm³/mol. The first-order valence-electron chi connectivity index (χ1n) is 8.04. The topological polar surface area (TPSA) is 26.3 Å². The van der Waals surface area contributed by atoms with Crippen LogP contribution in [0.3, 0.4) is 0 Å². The SMILES string of the molecule is c1ccc2c(c1)oc1c2ccc2ccc3oc4ccccc4c3c21. The van der Waals surface area contributed by atoms with Crippen LogP contribution in [0.15, 0.2) is 81.6 Å². The summed E-state index contributed by atoms with van der Waals surface area (Å²) in [6.07, 6.45) is 0. The van der Waals surface area contributed by atoms with Crippen molar-refractivity contribution in [3.8, 4) is 0 Å². The summed E-state index contributed by atoms with van der Waals surface area (Å²) in [6.45, 7) is 0. The number of fused-ring (bicyclic) bond motifs is 9. The fourth-order valence-electron chi connectivity index (χ4n) is 3.81. The van der Waals surface area contributed by atoms with Crippen LogP contribution in [0.4, 0.5) is 0 Å². The maximum Gasteiger partial charge on any atom is 0.144 e. The summed E-state index contributed by atoms with van der Waals surface area (Å²) in [5, 5.41) is 6.86. The van der Waals surface area contributed by atoms with Crippen molar-refractivity contribution in [3.05, 3.63) is 72.8 Å². The predicted octanol–water partition coefficient (Wildman–Crippen LogP) is 6.64. The van der Waals surface area contributed by atoms with Gasteiger partial charge in [-0.15, -0.1) is 0 Å². The zero-order valence-electron chi connectivity index (χ0n) is 12.7. The molecule has 2 nitrogen and oxygen atoms in total. The van der Waals surface area contributed by atoms with E-state index in [-0.39, 0.29) is 0 Å². The molecule has 2 heteroatoms. The maximum atomic E-state index is 6.25. The van der Waals surface area contributed by atoms with Crippen molar-refractivity contribution in [3.63, 3.8) is 0 Å². The van der Waals surface area contributed by atoms with Gasteiger partial charge in [0.15, 0.2) is 0 Å². The fourth-order valence-corrected chi connectivity index (χ4v) is 3.81. The molecule has 0 fully saturated rings. The second kappa shape index (κ2) is 4.18. The molecular formula is C22H12O2. The smallest absolute Gasteiger partial charge is 0.144 e. The van der Waals surface area contributed by atoms with Gasteiger partial charge in [0, 0.05) is 26.9 Å².